The predicted octanol–water partition coefficient (Wildman–Crippen LogP) is 1.29. The smallest absolute Gasteiger partial charge is 0.432 e. The normalized spacial score (nSPS) is 14.8. The van der Waals surface area contributed by atoms with E-state index in [1.165, 1.54) is 12.8 Å². The van der Waals surface area contributed by atoms with E-state index in [2.05, 4.69) is 19.6 Å². The van der Waals surface area contributed by atoms with Crippen LogP contribution in [0.3, 0.4) is 0 Å². The molecule has 0 aliphatic heterocycles. The van der Waals surface area contributed by atoms with Crippen LogP contribution in [0.2, 0.25) is 6.55 Å². The molecule has 1 N–H and O–H groups in total. The molecule has 0 spiro atoms. The van der Waals surface area contributed by atoms with Gasteiger partial charge in [0.1, 0.15) is 0 Å². The van der Waals surface area contributed by atoms with E-state index < -0.39 is 16.6 Å². The van der Waals surface area contributed by atoms with Gasteiger partial charge in [0, 0.05) is 31.1 Å². The Morgan fingerprint density at radius 3 is 1.89 bits per heavy atom. The third-order valence-electron chi connectivity index (χ3n) is 2.40. The summed E-state index contributed by atoms with van der Waals surface area (Å²) in [6.07, 6.45) is 5.53. The van der Waals surface area contributed by atoms with Gasteiger partial charge in [-0.1, -0.05) is 31.5 Å². The van der Waals surface area contributed by atoms with Gasteiger partial charge in [-0.2, -0.15) is 0 Å². The Kier molecular flexibility index (Phi) is 13.2. The first-order valence-electron chi connectivity index (χ1n) is 6.50. The van der Waals surface area contributed by atoms with Gasteiger partial charge in [-0.3, -0.25) is 0 Å². The molecule has 0 aliphatic carbocycles. The molecule has 0 radical (unpaired) electrons. The topological polar surface area (TPSA) is 47.9 Å². The van der Waals surface area contributed by atoms with Crippen molar-refractivity contribution in [2.45, 2.75) is 32.7 Å². The number of unbranched alkanes of at least 4 members (excludes halogenated alkanes) is 2. The maximum atomic E-state index is 8.91. The standard InChI is InChI=1S/C9H20O3Si.C3H10OSi2/c1-5-6-7-8-9-13(10-2,11-3)12-4;1-3-6(2,4)5/h8-9H,5-7H2,1-4H3;3-4H,1H2,2,5H3. The van der Waals surface area contributed by atoms with Gasteiger partial charge in [0.25, 0.3) is 0 Å². The molecule has 0 saturated carbocycles. The molecule has 7 heteroatoms. The number of rotatable bonds is 8. The van der Waals surface area contributed by atoms with Crippen molar-refractivity contribution < 1.29 is 18.1 Å². The highest BCUT2D eigenvalue weighted by Gasteiger charge is 2.33. The van der Waals surface area contributed by atoms with Gasteiger partial charge >= 0.3 is 8.80 Å². The third-order valence-corrected chi connectivity index (χ3v) is 6.97. The minimum Gasteiger partial charge on any atom is -0.432 e. The highest BCUT2D eigenvalue weighted by molar-refractivity contribution is 7.14. The quantitative estimate of drug-likeness (QED) is 0.540. The van der Waals surface area contributed by atoms with E-state index in [0.717, 1.165) is 16.2 Å². The van der Waals surface area contributed by atoms with Crippen LogP contribution in [-0.2, 0) is 13.3 Å². The van der Waals surface area contributed by atoms with E-state index in [-0.39, 0.29) is 0 Å². The zero-order valence-corrected chi connectivity index (χ0v) is 17.2. The molecule has 0 aromatic heterocycles. The number of hydrogen-bond donors (Lipinski definition) is 1. The average molecular weight is 323 g/mol. The van der Waals surface area contributed by atoms with Crippen LogP contribution in [0.15, 0.2) is 24.1 Å². The molecule has 0 amide bonds. The summed E-state index contributed by atoms with van der Waals surface area (Å²) in [6.45, 7) is 7.53. The molecule has 0 aromatic carbocycles. The average Bonchev–Trinajstić information content (AvgIpc) is 2.40. The fourth-order valence-electron chi connectivity index (χ4n) is 1.00. The third kappa shape index (κ3) is 12.7. The molecule has 19 heavy (non-hydrogen) atoms. The SMILES string of the molecule is C=C[Si](C)(O)[SiH3].CCCCC=C[Si](OC)(OC)OC. The van der Waals surface area contributed by atoms with Gasteiger partial charge in [0.15, 0.2) is 7.83 Å². The first-order valence-corrected chi connectivity index (χ1v) is 14.3. The molecule has 0 saturated heterocycles. The largest absolute Gasteiger partial charge is 0.528 e. The van der Waals surface area contributed by atoms with Crippen LogP contribution < -0.4 is 0 Å². The summed E-state index contributed by atoms with van der Waals surface area (Å²) in [5, 5.41) is 0. The summed E-state index contributed by atoms with van der Waals surface area (Å²) in [5.74, 6) is 0. The number of hydrogen-bond acceptors (Lipinski definition) is 4. The number of allylic oxidation sites excluding steroid dienone is 1. The van der Waals surface area contributed by atoms with Crippen molar-refractivity contribution >= 4 is 26.4 Å². The molecular weight excluding hydrogens is 292 g/mol. The Morgan fingerprint density at radius 2 is 1.63 bits per heavy atom. The molecule has 114 valence electrons. The van der Waals surface area contributed by atoms with Crippen molar-refractivity contribution in [3.63, 3.8) is 0 Å². The Balaban J connectivity index is 0. The Bertz CT molecular complexity index is 240. The van der Waals surface area contributed by atoms with Crippen molar-refractivity contribution in [1.82, 2.24) is 0 Å². The molecule has 1 atom stereocenters. The van der Waals surface area contributed by atoms with Gasteiger partial charge in [-0.05, 0) is 18.7 Å². The van der Waals surface area contributed by atoms with Gasteiger partial charge in [0.05, 0.1) is 0 Å². The lowest BCUT2D eigenvalue weighted by Crippen LogP contribution is -2.40. The van der Waals surface area contributed by atoms with Crippen molar-refractivity contribution in [3.8, 4) is 0 Å². The summed E-state index contributed by atoms with van der Waals surface area (Å²) >= 11 is 0. The second-order valence-electron chi connectivity index (χ2n) is 4.62. The van der Waals surface area contributed by atoms with Gasteiger partial charge in [0.2, 0.25) is 0 Å². The fourth-order valence-corrected chi connectivity index (χ4v) is 2.37. The highest BCUT2D eigenvalue weighted by atomic mass is 29.2. The lowest BCUT2D eigenvalue weighted by molar-refractivity contribution is 0.138. The molecule has 0 rings (SSSR count). The van der Waals surface area contributed by atoms with E-state index in [0.29, 0.717) is 0 Å². The fraction of sp³-hybridized carbons (Fsp3) is 0.667. The molecule has 1 unspecified atom stereocenters. The summed E-state index contributed by atoms with van der Waals surface area (Å²) in [6, 6.07) is 0. The maximum Gasteiger partial charge on any atom is 0.528 e. The molecule has 4 nitrogen and oxygen atoms in total. The van der Waals surface area contributed by atoms with Crippen LogP contribution in [0.4, 0.5) is 0 Å². The summed E-state index contributed by atoms with van der Waals surface area (Å²) in [5.41, 5.74) is 3.63. The Hall–Kier alpha value is -0.0294. The second kappa shape index (κ2) is 11.8. The zero-order valence-electron chi connectivity index (χ0n) is 13.2. The monoisotopic (exact) mass is 322 g/mol. The minimum atomic E-state index is -2.45. The van der Waals surface area contributed by atoms with Gasteiger partial charge < -0.3 is 18.1 Å². The lowest BCUT2D eigenvalue weighted by atomic mass is 10.2. The van der Waals surface area contributed by atoms with Crippen molar-refractivity contribution in [2.24, 2.45) is 0 Å². The van der Waals surface area contributed by atoms with Gasteiger partial charge in [-0.15, -0.1) is 6.58 Å². The first-order chi connectivity index (χ1) is 8.80. The molecule has 0 bridgehead atoms. The Labute approximate surface area is 123 Å². The van der Waals surface area contributed by atoms with Gasteiger partial charge in [-0.25, -0.2) is 0 Å². The van der Waals surface area contributed by atoms with Crippen LogP contribution >= 0.6 is 0 Å². The first kappa shape index (κ1) is 21.3. The molecule has 0 fully saturated rings. The van der Waals surface area contributed by atoms with E-state index in [9.17, 15) is 0 Å². The Morgan fingerprint density at radius 1 is 1.21 bits per heavy atom. The van der Waals surface area contributed by atoms with Crippen molar-refractivity contribution in [2.75, 3.05) is 21.3 Å². The molecule has 0 aromatic rings. The van der Waals surface area contributed by atoms with Crippen LogP contribution in [0.1, 0.15) is 26.2 Å². The van der Waals surface area contributed by atoms with Crippen LogP contribution in [-0.4, -0.2) is 52.5 Å². The van der Waals surface area contributed by atoms with Crippen molar-refractivity contribution in [3.05, 3.63) is 24.1 Å². The minimum absolute atomic E-state index is 0.905. The van der Waals surface area contributed by atoms with E-state index >= 15 is 0 Å². The summed E-state index contributed by atoms with van der Waals surface area (Å²) in [4.78, 5) is 8.91. The molecule has 0 heterocycles. The highest BCUT2D eigenvalue weighted by Crippen LogP contribution is 2.08. The van der Waals surface area contributed by atoms with Crippen LogP contribution in [0, 0.1) is 0 Å². The van der Waals surface area contributed by atoms with E-state index in [1.54, 1.807) is 27.0 Å². The van der Waals surface area contributed by atoms with Crippen LogP contribution in [0.25, 0.3) is 0 Å². The predicted molar refractivity (Wildman–Crippen MR) is 89.4 cm³/mol. The lowest BCUT2D eigenvalue weighted by Gasteiger charge is -2.20. The van der Waals surface area contributed by atoms with E-state index in [1.807, 2.05) is 12.2 Å². The summed E-state index contributed by atoms with van der Waals surface area (Å²) in [7, 11) is 1.57. The van der Waals surface area contributed by atoms with Crippen molar-refractivity contribution in [1.29, 1.82) is 0 Å². The molecule has 0 aliphatic rings. The zero-order chi connectivity index (χ0) is 15.4. The maximum absolute atomic E-state index is 8.91. The van der Waals surface area contributed by atoms with E-state index in [4.69, 9.17) is 18.1 Å². The molecular formula is C12H30O4Si3. The summed E-state index contributed by atoms with van der Waals surface area (Å²) < 4.78 is 15.7. The second-order valence-corrected chi connectivity index (χ2v) is 17.2. The van der Waals surface area contributed by atoms with Crippen LogP contribution in [0.5, 0.6) is 0 Å².